The molecule has 0 aliphatic carbocycles. The van der Waals surface area contributed by atoms with Crippen molar-refractivity contribution in [3.8, 4) is 0 Å². The van der Waals surface area contributed by atoms with Gasteiger partial charge in [-0.05, 0) is 42.0 Å². The molecule has 10 heteroatoms. The maximum Gasteiger partial charge on any atom is 0.416 e. The lowest BCUT2D eigenvalue weighted by Crippen LogP contribution is -2.27. The van der Waals surface area contributed by atoms with Crippen LogP contribution in [0.15, 0.2) is 53.4 Å². The molecule has 0 radical (unpaired) electrons. The maximum atomic E-state index is 12.5. The van der Waals surface area contributed by atoms with Gasteiger partial charge in [-0.2, -0.15) is 13.2 Å². The summed E-state index contributed by atoms with van der Waals surface area (Å²) < 4.78 is 68.9. The van der Waals surface area contributed by atoms with E-state index in [2.05, 4.69) is 10.0 Å². The van der Waals surface area contributed by atoms with Crippen LogP contribution in [-0.2, 0) is 27.5 Å². The fraction of sp³-hybridized carbons (Fsp3) is 0.278. The lowest BCUT2D eigenvalue weighted by atomic mass is 10.1. The Labute approximate surface area is 160 Å². The number of carbonyl (C=O) groups is 1. The largest absolute Gasteiger partial charge is 0.416 e. The molecule has 6 nitrogen and oxygen atoms in total. The molecule has 0 bridgehead atoms. The average molecular weight is 416 g/mol. The van der Waals surface area contributed by atoms with E-state index in [1.807, 2.05) is 0 Å². The van der Waals surface area contributed by atoms with Crippen LogP contribution in [0.3, 0.4) is 0 Å². The first-order valence-corrected chi connectivity index (χ1v) is 9.65. The average Bonchev–Trinajstić information content (AvgIpc) is 2.66. The molecule has 0 unspecified atom stereocenters. The lowest BCUT2D eigenvalue weighted by Gasteiger charge is -2.09. The zero-order valence-corrected chi connectivity index (χ0v) is 15.7. The van der Waals surface area contributed by atoms with Crippen molar-refractivity contribution >= 4 is 15.9 Å². The summed E-state index contributed by atoms with van der Waals surface area (Å²) in [5.41, 5.74) is -0.106. The van der Waals surface area contributed by atoms with Crippen LogP contribution < -0.4 is 10.0 Å². The molecule has 28 heavy (non-hydrogen) atoms. The van der Waals surface area contributed by atoms with Gasteiger partial charge in [0.05, 0.1) is 17.1 Å². The predicted molar refractivity (Wildman–Crippen MR) is 96.1 cm³/mol. The number of nitrogens with one attached hydrogen (secondary N) is 2. The van der Waals surface area contributed by atoms with E-state index in [9.17, 15) is 26.4 Å². The number of carbonyl (C=O) groups excluding carboxylic acids is 1. The van der Waals surface area contributed by atoms with Crippen molar-refractivity contribution in [3.63, 3.8) is 0 Å². The van der Waals surface area contributed by atoms with Crippen LogP contribution in [0.1, 0.15) is 21.5 Å². The fourth-order valence-corrected chi connectivity index (χ4v) is 3.26. The van der Waals surface area contributed by atoms with Gasteiger partial charge in [0.25, 0.3) is 5.91 Å². The number of hydrogen-bond acceptors (Lipinski definition) is 4. The summed E-state index contributed by atoms with van der Waals surface area (Å²) in [5, 5.41) is 2.57. The molecular formula is C18H19F3N2O4S. The summed E-state index contributed by atoms with van der Waals surface area (Å²) in [4.78, 5) is 12.1. The van der Waals surface area contributed by atoms with Gasteiger partial charge in [-0.1, -0.05) is 12.1 Å². The van der Waals surface area contributed by atoms with E-state index in [-0.39, 0.29) is 30.2 Å². The van der Waals surface area contributed by atoms with Crippen LogP contribution in [0, 0.1) is 0 Å². The quantitative estimate of drug-likeness (QED) is 0.648. The fourth-order valence-electron chi connectivity index (χ4n) is 2.24. The van der Waals surface area contributed by atoms with Gasteiger partial charge in [-0.3, -0.25) is 4.79 Å². The first-order chi connectivity index (χ1) is 13.1. The minimum Gasteiger partial charge on any atom is -0.383 e. The van der Waals surface area contributed by atoms with Crippen LogP contribution >= 0.6 is 0 Å². The summed E-state index contributed by atoms with van der Waals surface area (Å²) in [6.45, 7) is 0.481. The molecule has 2 aromatic carbocycles. The van der Waals surface area contributed by atoms with Crippen molar-refractivity contribution in [2.24, 2.45) is 0 Å². The van der Waals surface area contributed by atoms with E-state index in [1.165, 1.54) is 31.4 Å². The van der Waals surface area contributed by atoms with E-state index < -0.39 is 27.7 Å². The normalized spacial score (nSPS) is 12.0. The number of amides is 1. The second kappa shape index (κ2) is 9.18. The van der Waals surface area contributed by atoms with Gasteiger partial charge in [0.1, 0.15) is 0 Å². The Bertz CT molecular complexity index is 896. The standard InChI is InChI=1S/C18H19F3N2O4S/c1-27-11-10-23-28(25,26)16-8-2-13(3-9-16)12-22-17(24)14-4-6-15(7-5-14)18(19,20)21/h2-9,23H,10-12H2,1H3,(H,22,24). The highest BCUT2D eigenvalue weighted by Crippen LogP contribution is 2.29. The van der Waals surface area contributed by atoms with Gasteiger partial charge in [0.15, 0.2) is 0 Å². The highest BCUT2D eigenvalue weighted by molar-refractivity contribution is 7.89. The summed E-state index contributed by atoms with van der Waals surface area (Å²) >= 11 is 0. The van der Waals surface area contributed by atoms with Crippen LogP contribution in [0.4, 0.5) is 13.2 Å². The topological polar surface area (TPSA) is 84.5 Å². The lowest BCUT2D eigenvalue weighted by molar-refractivity contribution is -0.137. The van der Waals surface area contributed by atoms with E-state index in [1.54, 1.807) is 0 Å². The molecule has 0 aromatic heterocycles. The molecule has 2 aromatic rings. The smallest absolute Gasteiger partial charge is 0.383 e. The van der Waals surface area contributed by atoms with Gasteiger partial charge >= 0.3 is 6.18 Å². The number of hydrogen-bond donors (Lipinski definition) is 2. The minimum absolute atomic E-state index is 0.0708. The molecule has 0 atom stereocenters. The van der Waals surface area contributed by atoms with Crippen LogP contribution in [-0.4, -0.2) is 34.6 Å². The number of ether oxygens (including phenoxy) is 1. The Morgan fingerprint density at radius 1 is 1.04 bits per heavy atom. The molecule has 2 N–H and O–H groups in total. The van der Waals surface area contributed by atoms with Crippen LogP contribution in [0.25, 0.3) is 0 Å². The molecule has 0 heterocycles. The first kappa shape index (κ1) is 21.9. The molecule has 0 aliphatic heterocycles. The van der Waals surface area contributed by atoms with Crippen molar-refractivity contribution in [3.05, 3.63) is 65.2 Å². The zero-order chi connectivity index (χ0) is 20.8. The third-order valence-corrected chi connectivity index (χ3v) is 5.24. The molecule has 0 saturated carbocycles. The number of alkyl halides is 3. The van der Waals surface area contributed by atoms with Gasteiger partial charge < -0.3 is 10.1 Å². The monoisotopic (exact) mass is 416 g/mol. The Morgan fingerprint density at radius 3 is 2.18 bits per heavy atom. The second-order valence-corrected chi connectivity index (χ2v) is 7.56. The Hall–Kier alpha value is -2.43. The second-order valence-electron chi connectivity index (χ2n) is 5.79. The summed E-state index contributed by atoms with van der Waals surface area (Å²) in [7, 11) is -2.19. The van der Waals surface area contributed by atoms with Crippen molar-refractivity contribution in [2.75, 3.05) is 20.3 Å². The number of rotatable bonds is 8. The Balaban J connectivity index is 1.95. The molecular weight excluding hydrogens is 397 g/mol. The predicted octanol–water partition coefficient (Wildman–Crippen LogP) is 2.56. The summed E-state index contributed by atoms with van der Waals surface area (Å²) in [6.07, 6.45) is -4.46. The van der Waals surface area contributed by atoms with Crippen molar-refractivity contribution in [1.29, 1.82) is 0 Å². The highest BCUT2D eigenvalue weighted by Gasteiger charge is 2.30. The van der Waals surface area contributed by atoms with E-state index in [0.717, 1.165) is 24.3 Å². The zero-order valence-electron chi connectivity index (χ0n) is 14.9. The first-order valence-electron chi connectivity index (χ1n) is 8.16. The number of methoxy groups -OCH3 is 1. The number of sulfonamides is 1. The molecule has 0 saturated heterocycles. The molecule has 0 spiro atoms. The summed E-state index contributed by atoms with van der Waals surface area (Å²) in [5.74, 6) is -0.536. The third kappa shape index (κ3) is 6.04. The molecule has 1 amide bonds. The van der Waals surface area contributed by atoms with Gasteiger partial charge in [0.2, 0.25) is 10.0 Å². The maximum absolute atomic E-state index is 12.5. The summed E-state index contributed by atoms with van der Waals surface area (Å²) in [6, 6.07) is 9.74. The van der Waals surface area contributed by atoms with E-state index in [0.29, 0.717) is 5.56 Å². The number of benzene rings is 2. The van der Waals surface area contributed by atoms with Crippen LogP contribution in [0.5, 0.6) is 0 Å². The molecule has 152 valence electrons. The third-order valence-electron chi connectivity index (χ3n) is 3.76. The number of halogens is 3. The molecule has 2 rings (SSSR count). The van der Waals surface area contributed by atoms with Gasteiger partial charge in [-0.25, -0.2) is 13.1 Å². The Kier molecular flexibility index (Phi) is 7.17. The van der Waals surface area contributed by atoms with Gasteiger partial charge in [0, 0.05) is 25.8 Å². The van der Waals surface area contributed by atoms with Crippen molar-refractivity contribution in [2.45, 2.75) is 17.6 Å². The van der Waals surface area contributed by atoms with Gasteiger partial charge in [-0.15, -0.1) is 0 Å². The van der Waals surface area contributed by atoms with E-state index >= 15 is 0 Å². The molecule has 0 fully saturated rings. The van der Waals surface area contributed by atoms with Crippen molar-refractivity contribution in [1.82, 2.24) is 10.0 Å². The Morgan fingerprint density at radius 2 is 1.64 bits per heavy atom. The minimum atomic E-state index is -4.46. The van der Waals surface area contributed by atoms with Crippen molar-refractivity contribution < 1.29 is 31.1 Å². The highest BCUT2D eigenvalue weighted by atomic mass is 32.2. The molecule has 0 aliphatic rings. The van der Waals surface area contributed by atoms with E-state index in [4.69, 9.17) is 4.74 Å². The SMILES string of the molecule is COCCNS(=O)(=O)c1ccc(CNC(=O)c2ccc(C(F)(F)F)cc2)cc1. The van der Waals surface area contributed by atoms with Crippen LogP contribution in [0.2, 0.25) is 0 Å².